The first-order chi connectivity index (χ1) is 16.2. The second-order valence-corrected chi connectivity index (χ2v) is 7.97. The standard InChI is InChI=1S/C22H20F3N5O4/c1-12-19(29-7-9-33-10-8-29)28-18-13(3-2-4-15(18)27-12)17-11-14-16(5-6-26-20(14)31)30(17)34-21(32)22(23,24)25/h2-4,11H,5-10H2,1H3,(H,26,31). The minimum absolute atomic E-state index is 0.108. The molecule has 3 aromatic rings. The number of hydrogen-bond donors (Lipinski definition) is 1. The minimum atomic E-state index is -5.20. The molecule has 0 aliphatic carbocycles. The smallest absolute Gasteiger partial charge is 0.378 e. The lowest BCUT2D eigenvalue weighted by molar-refractivity contribution is -0.199. The van der Waals surface area contributed by atoms with Crippen LogP contribution in [0.1, 0.15) is 21.7 Å². The van der Waals surface area contributed by atoms with Gasteiger partial charge < -0.3 is 19.8 Å². The Morgan fingerprint density at radius 2 is 1.94 bits per heavy atom. The summed E-state index contributed by atoms with van der Waals surface area (Å²) in [4.78, 5) is 40.4. The molecule has 1 fully saturated rings. The van der Waals surface area contributed by atoms with Crippen LogP contribution < -0.4 is 15.1 Å². The highest BCUT2D eigenvalue weighted by atomic mass is 19.4. The molecule has 0 radical (unpaired) electrons. The molecule has 0 unspecified atom stereocenters. The van der Waals surface area contributed by atoms with Gasteiger partial charge in [0.05, 0.1) is 41.4 Å². The van der Waals surface area contributed by atoms with Crippen LogP contribution in [-0.4, -0.2) is 65.6 Å². The highest BCUT2D eigenvalue weighted by molar-refractivity contribution is 6.00. The van der Waals surface area contributed by atoms with E-state index >= 15 is 0 Å². The van der Waals surface area contributed by atoms with Gasteiger partial charge in [-0.05, 0) is 19.1 Å². The quantitative estimate of drug-likeness (QED) is 0.619. The van der Waals surface area contributed by atoms with E-state index in [0.29, 0.717) is 54.4 Å². The van der Waals surface area contributed by atoms with Gasteiger partial charge in [-0.25, -0.2) is 14.8 Å². The van der Waals surface area contributed by atoms with Crippen LogP contribution in [-0.2, 0) is 16.0 Å². The fourth-order valence-corrected chi connectivity index (χ4v) is 4.22. The Bertz CT molecular complexity index is 1300. The molecule has 0 saturated carbocycles. The van der Waals surface area contributed by atoms with Crippen LogP contribution in [0.5, 0.6) is 0 Å². The van der Waals surface area contributed by atoms with Crippen LogP contribution in [0.2, 0.25) is 0 Å². The molecule has 178 valence electrons. The van der Waals surface area contributed by atoms with Gasteiger partial charge in [0.1, 0.15) is 5.52 Å². The number of alkyl halides is 3. The second-order valence-electron chi connectivity index (χ2n) is 7.97. The number of para-hydroxylation sites is 1. The van der Waals surface area contributed by atoms with Gasteiger partial charge in [-0.1, -0.05) is 12.1 Å². The van der Waals surface area contributed by atoms with Crippen LogP contribution >= 0.6 is 0 Å². The van der Waals surface area contributed by atoms with Gasteiger partial charge in [-0.15, -0.1) is 0 Å². The van der Waals surface area contributed by atoms with Gasteiger partial charge in [0.15, 0.2) is 5.82 Å². The maximum atomic E-state index is 13.0. The number of amides is 1. The van der Waals surface area contributed by atoms with E-state index in [1.807, 2.05) is 11.8 Å². The number of ether oxygens (including phenoxy) is 1. The number of nitrogens with zero attached hydrogens (tertiary/aromatic N) is 4. The number of benzene rings is 1. The fourth-order valence-electron chi connectivity index (χ4n) is 4.22. The molecule has 2 aliphatic heterocycles. The lowest BCUT2D eigenvalue weighted by Gasteiger charge is -2.29. The Morgan fingerprint density at radius 1 is 1.18 bits per heavy atom. The van der Waals surface area contributed by atoms with E-state index in [2.05, 4.69) is 10.3 Å². The molecule has 1 amide bonds. The Balaban J connectivity index is 1.70. The van der Waals surface area contributed by atoms with E-state index in [1.54, 1.807) is 18.2 Å². The first-order valence-corrected chi connectivity index (χ1v) is 10.7. The van der Waals surface area contributed by atoms with Crippen LogP contribution in [0, 0.1) is 6.92 Å². The Kier molecular flexibility index (Phi) is 5.39. The summed E-state index contributed by atoms with van der Waals surface area (Å²) < 4.78 is 45.3. The van der Waals surface area contributed by atoms with E-state index in [0.717, 1.165) is 4.73 Å². The molecule has 34 heavy (non-hydrogen) atoms. The monoisotopic (exact) mass is 475 g/mol. The molecule has 1 aromatic carbocycles. The Labute approximate surface area is 191 Å². The first-order valence-electron chi connectivity index (χ1n) is 10.7. The average molecular weight is 475 g/mol. The number of carbonyl (C=O) groups excluding carboxylic acids is 2. The largest absolute Gasteiger partial charge is 0.493 e. The van der Waals surface area contributed by atoms with Crippen LogP contribution in [0.15, 0.2) is 24.3 Å². The highest BCUT2D eigenvalue weighted by Gasteiger charge is 2.43. The number of hydrogen-bond acceptors (Lipinski definition) is 7. The van der Waals surface area contributed by atoms with Crippen molar-refractivity contribution in [3.8, 4) is 11.3 Å². The second kappa shape index (κ2) is 8.28. The number of morpholine rings is 1. The summed E-state index contributed by atoms with van der Waals surface area (Å²) >= 11 is 0. The number of aromatic nitrogens is 3. The summed E-state index contributed by atoms with van der Waals surface area (Å²) in [6.07, 6.45) is -5.01. The zero-order valence-corrected chi connectivity index (χ0v) is 18.1. The van der Waals surface area contributed by atoms with Crippen molar-refractivity contribution in [2.45, 2.75) is 19.5 Å². The van der Waals surface area contributed by atoms with Crippen molar-refractivity contribution in [1.82, 2.24) is 20.0 Å². The number of aryl methyl sites for hydroxylation is 1. The summed E-state index contributed by atoms with van der Waals surface area (Å²) in [5.74, 6) is -2.20. The van der Waals surface area contributed by atoms with Crippen molar-refractivity contribution in [3.63, 3.8) is 0 Å². The summed E-state index contributed by atoms with van der Waals surface area (Å²) in [5, 5.41) is 2.65. The Morgan fingerprint density at radius 3 is 2.68 bits per heavy atom. The zero-order valence-electron chi connectivity index (χ0n) is 18.1. The van der Waals surface area contributed by atoms with E-state index in [1.165, 1.54) is 6.07 Å². The molecule has 1 N–H and O–H groups in total. The normalized spacial score (nSPS) is 16.4. The summed E-state index contributed by atoms with van der Waals surface area (Å²) in [7, 11) is 0. The Hall–Kier alpha value is -3.67. The van der Waals surface area contributed by atoms with Gasteiger partial charge in [-0.3, -0.25) is 4.79 Å². The van der Waals surface area contributed by atoms with Crippen molar-refractivity contribution < 1.29 is 32.3 Å². The maximum Gasteiger partial charge on any atom is 0.493 e. The number of carbonyl (C=O) groups is 2. The summed E-state index contributed by atoms with van der Waals surface area (Å²) in [6, 6.07) is 6.48. The van der Waals surface area contributed by atoms with E-state index < -0.39 is 18.1 Å². The maximum absolute atomic E-state index is 13.0. The molecule has 1 saturated heterocycles. The molecule has 2 aliphatic rings. The van der Waals surface area contributed by atoms with E-state index in [4.69, 9.17) is 14.6 Å². The molecule has 2 aromatic heterocycles. The number of fused-ring (bicyclic) bond motifs is 2. The van der Waals surface area contributed by atoms with Gasteiger partial charge in [0.2, 0.25) is 0 Å². The zero-order chi connectivity index (χ0) is 24.0. The van der Waals surface area contributed by atoms with Gasteiger partial charge >= 0.3 is 12.1 Å². The van der Waals surface area contributed by atoms with Crippen LogP contribution in [0.25, 0.3) is 22.3 Å². The molecule has 0 bridgehead atoms. The molecule has 0 atom stereocenters. The average Bonchev–Trinajstić information content (AvgIpc) is 3.17. The molecule has 0 spiro atoms. The van der Waals surface area contributed by atoms with Crippen molar-refractivity contribution in [2.75, 3.05) is 37.7 Å². The van der Waals surface area contributed by atoms with Gasteiger partial charge in [0, 0.05) is 31.6 Å². The van der Waals surface area contributed by atoms with Crippen molar-refractivity contribution in [2.24, 2.45) is 0 Å². The predicted molar refractivity (Wildman–Crippen MR) is 114 cm³/mol. The lowest BCUT2D eigenvalue weighted by Crippen LogP contribution is -2.37. The molecular formula is C22H20F3N5O4. The summed E-state index contributed by atoms with van der Waals surface area (Å²) in [6.45, 7) is 4.36. The van der Waals surface area contributed by atoms with Crippen molar-refractivity contribution in [1.29, 1.82) is 0 Å². The topological polar surface area (TPSA) is 98.6 Å². The number of rotatable bonds is 3. The fraction of sp³-hybridized carbons (Fsp3) is 0.364. The van der Waals surface area contributed by atoms with E-state index in [9.17, 15) is 22.8 Å². The number of halogens is 3. The third-order valence-electron chi connectivity index (χ3n) is 5.78. The first kappa shape index (κ1) is 22.1. The molecule has 9 nitrogen and oxygen atoms in total. The van der Waals surface area contributed by atoms with Gasteiger partial charge in [-0.2, -0.15) is 17.9 Å². The SMILES string of the molecule is Cc1nc2cccc(-c3cc4c(n3OC(=O)C(F)(F)F)CCNC4=O)c2nc1N1CCOCC1. The molecule has 5 rings (SSSR count). The molecule has 12 heteroatoms. The minimum Gasteiger partial charge on any atom is -0.378 e. The highest BCUT2D eigenvalue weighted by Crippen LogP contribution is 2.33. The van der Waals surface area contributed by atoms with E-state index in [-0.39, 0.29) is 29.9 Å². The van der Waals surface area contributed by atoms with Crippen molar-refractivity contribution >= 4 is 28.7 Å². The summed E-state index contributed by atoms with van der Waals surface area (Å²) in [5.41, 5.74) is 2.44. The third kappa shape index (κ3) is 3.83. The van der Waals surface area contributed by atoms with Crippen molar-refractivity contribution in [3.05, 3.63) is 41.2 Å². The van der Waals surface area contributed by atoms with Gasteiger partial charge in [0.25, 0.3) is 5.91 Å². The molecule has 4 heterocycles. The third-order valence-corrected chi connectivity index (χ3v) is 5.78. The number of nitrogens with one attached hydrogen (secondary N) is 1. The predicted octanol–water partition coefficient (Wildman–Crippen LogP) is 2.05. The molecular weight excluding hydrogens is 455 g/mol. The lowest BCUT2D eigenvalue weighted by atomic mass is 10.1. The van der Waals surface area contributed by atoms with Crippen LogP contribution in [0.4, 0.5) is 19.0 Å². The van der Waals surface area contributed by atoms with Crippen LogP contribution in [0.3, 0.4) is 0 Å². The number of anilines is 1.